The second-order valence-corrected chi connectivity index (χ2v) is 5.67. The molecule has 0 radical (unpaired) electrons. The van der Waals surface area contributed by atoms with E-state index >= 15 is 0 Å². The van der Waals surface area contributed by atoms with Crippen molar-refractivity contribution in [2.45, 2.75) is 51.0 Å². The van der Waals surface area contributed by atoms with Gasteiger partial charge in [0.05, 0.1) is 12.7 Å². The molecule has 1 aliphatic heterocycles. The van der Waals surface area contributed by atoms with Gasteiger partial charge in [0.15, 0.2) is 18.2 Å². The Bertz CT molecular complexity index is 497. The standard InChI is InChI=1S/C17H22O4/c1-5-17(15(11-18)20-16(3,4)21-17)13(2)19-12-14-9-7-6-8-10-14/h5-11,13,15H,1,12H2,2-4H3/t13-,15+,17-/m1/s1. The van der Waals surface area contributed by atoms with E-state index in [4.69, 9.17) is 14.2 Å². The van der Waals surface area contributed by atoms with E-state index in [0.29, 0.717) is 6.61 Å². The summed E-state index contributed by atoms with van der Waals surface area (Å²) in [6.07, 6.45) is 1.26. The lowest BCUT2D eigenvalue weighted by atomic mass is 9.91. The molecule has 1 heterocycles. The quantitative estimate of drug-likeness (QED) is 0.597. The van der Waals surface area contributed by atoms with Gasteiger partial charge in [0, 0.05) is 0 Å². The second kappa shape index (κ2) is 6.10. The molecule has 4 heteroatoms. The maximum Gasteiger partial charge on any atom is 0.165 e. The summed E-state index contributed by atoms with van der Waals surface area (Å²) in [5.41, 5.74) is 0.0874. The summed E-state index contributed by atoms with van der Waals surface area (Å²) in [6, 6.07) is 9.84. The van der Waals surface area contributed by atoms with Gasteiger partial charge in [-0.2, -0.15) is 0 Å². The number of carbonyl (C=O) groups is 1. The van der Waals surface area contributed by atoms with Crippen molar-refractivity contribution in [2.75, 3.05) is 0 Å². The zero-order chi connectivity index (χ0) is 15.5. The number of benzene rings is 1. The lowest BCUT2D eigenvalue weighted by molar-refractivity contribution is -0.177. The molecule has 0 amide bonds. The topological polar surface area (TPSA) is 44.8 Å². The number of hydrogen-bond donors (Lipinski definition) is 0. The summed E-state index contributed by atoms with van der Waals surface area (Å²) >= 11 is 0. The van der Waals surface area contributed by atoms with E-state index < -0.39 is 17.5 Å². The first kappa shape index (κ1) is 15.9. The molecule has 0 saturated carbocycles. The molecule has 2 rings (SSSR count). The molecule has 21 heavy (non-hydrogen) atoms. The summed E-state index contributed by atoms with van der Waals surface area (Å²) in [6.45, 7) is 9.67. The van der Waals surface area contributed by atoms with E-state index in [1.54, 1.807) is 19.9 Å². The Balaban J connectivity index is 2.12. The number of carbonyl (C=O) groups excluding carboxylic acids is 1. The smallest absolute Gasteiger partial charge is 0.165 e. The fourth-order valence-electron chi connectivity index (χ4n) is 2.60. The van der Waals surface area contributed by atoms with Crippen molar-refractivity contribution in [2.24, 2.45) is 0 Å². The van der Waals surface area contributed by atoms with Gasteiger partial charge in [0.1, 0.15) is 5.60 Å². The van der Waals surface area contributed by atoms with E-state index in [-0.39, 0.29) is 6.10 Å². The highest BCUT2D eigenvalue weighted by molar-refractivity contribution is 5.60. The van der Waals surface area contributed by atoms with Crippen LogP contribution in [-0.4, -0.2) is 29.9 Å². The van der Waals surface area contributed by atoms with E-state index in [9.17, 15) is 4.79 Å². The Morgan fingerprint density at radius 1 is 1.38 bits per heavy atom. The molecule has 1 saturated heterocycles. The van der Waals surface area contributed by atoms with Gasteiger partial charge in [-0.1, -0.05) is 36.4 Å². The van der Waals surface area contributed by atoms with E-state index in [2.05, 4.69) is 6.58 Å². The number of rotatable bonds is 6. The number of hydrogen-bond acceptors (Lipinski definition) is 4. The molecule has 0 aromatic heterocycles. The third-order valence-corrected chi connectivity index (χ3v) is 3.70. The minimum atomic E-state index is -0.972. The number of aldehydes is 1. The zero-order valence-electron chi connectivity index (χ0n) is 12.7. The highest BCUT2D eigenvalue weighted by Gasteiger charge is 2.55. The monoisotopic (exact) mass is 290 g/mol. The van der Waals surface area contributed by atoms with Crippen molar-refractivity contribution < 1.29 is 19.0 Å². The van der Waals surface area contributed by atoms with Crippen LogP contribution in [0.2, 0.25) is 0 Å². The Morgan fingerprint density at radius 3 is 2.62 bits per heavy atom. The molecule has 0 N–H and O–H groups in total. The predicted molar refractivity (Wildman–Crippen MR) is 79.7 cm³/mol. The van der Waals surface area contributed by atoms with Crippen molar-refractivity contribution in [3.63, 3.8) is 0 Å². The van der Waals surface area contributed by atoms with Gasteiger partial charge in [-0.3, -0.25) is 0 Å². The summed E-state index contributed by atoms with van der Waals surface area (Å²) in [7, 11) is 0. The third kappa shape index (κ3) is 3.23. The predicted octanol–water partition coefficient (Wildman–Crippen LogP) is 2.87. The average Bonchev–Trinajstić information content (AvgIpc) is 2.77. The van der Waals surface area contributed by atoms with Crippen LogP contribution in [0.4, 0.5) is 0 Å². The van der Waals surface area contributed by atoms with Gasteiger partial charge < -0.3 is 19.0 Å². The maximum atomic E-state index is 11.3. The van der Waals surface area contributed by atoms with Crippen molar-refractivity contribution in [1.82, 2.24) is 0 Å². The van der Waals surface area contributed by atoms with Crippen LogP contribution in [-0.2, 0) is 25.6 Å². The Hall–Kier alpha value is -1.49. The molecule has 1 aliphatic rings. The third-order valence-electron chi connectivity index (χ3n) is 3.70. The Kier molecular flexibility index (Phi) is 4.61. The fourth-order valence-corrected chi connectivity index (χ4v) is 2.60. The first-order valence-corrected chi connectivity index (χ1v) is 7.06. The average molecular weight is 290 g/mol. The van der Waals surface area contributed by atoms with Gasteiger partial charge in [0.25, 0.3) is 0 Å². The highest BCUT2D eigenvalue weighted by atomic mass is 16.8. The Morgan fingerprint density at radius 2 is 2.05 bits per heavy atom. The van der Waals surface area contributed by atoms with Gasteiger partial charge in [-0.15, -0.1) is 6.58 Å². The SMILES string of the molecule is C=C[C@]1([C@@H](C)OCc2ccccc2)OC(C)(C)O[C@H]1C=O. The highest BCUT2D eigenvalue weighted by Crippen LogP contribution is 2.40. The van der Waals surface area contributed by atoms with Crippen molar-refractivity contribution >= 4 is 6.29 Å². The first-order chi connectivity index (χ1) is 9.93. The molecule has 0 aliphatic carbocycles. The molecular formula is C17H22O4. The van der Waals surface area contributed by atoms with E-state index in [1.165, 1.54) is 0 Å². The minimum absolute atomic E-state index is 0.368. The molecule has 114 valence electrons. The van der Waals surface area contributed by atoms with Crippen molar-refractivity contribution in [3.8, 4) is 0 Å². The van der Waals surface area contributed by atoms with E-state index in [0.717, 1.165) is 11.8 Å². The molecule has 3 atom stereocenters. The molecule has 0 bridgehead atoms. The first-order valence-electron chi connectivity index (χ1n) is 7.06. The van der Waals surface area contributed by atoms with Crippen LogP contribution in [0.15, 0.2) is 43.0 Å². The van der Waals surface area contributed by atoms with Crippen LogP contribution in [0, 0.1) is 0 Å². The number of ether oxygens (including phenoxy) is 3. The molecule has 0 unspecified atom stereocenters. The maximum absolute atomic E-state index is 11.3. The van der Waals surface area contributed by atoms with Gasteiger partial charge >= 0.3 is 0 Å². The van der Waals surface area contributed by atoms with Gasteiger partial charge in [-0.05, 0) is 26.3 Å². The van der Waals surface area contributed by atoms with Crippen molar-refractivity contribution in [3.05, 3.63) is 48.6 Å². The van der Waals surface area contributed by atoms with Crippen LogP contribution in [0.3, 0.4) is 0 Å². The van der Waals surface area contributed by atoms with Crippen LogP contribution in [0.25, 0.3) is 0 Å². The van der Waals surface area contributed by atoms with Crippen LogP contribution < -0.4 is 0 Å². The normalized spacial score (nSPS) is 29.0. The van der Waals surface area contributed by atoms with Gasteiger partial charge in [0.2, 0.25) is 0 Å². The van der Waals surface area contributed by atoms with Crippen molar-refractivity contribution in [1.29, 1.82) is 0 Å². The fraction of sp³-hybridized carbons (Fsp3) is 0.471. The summed E-state index contributed by atoms with van der Waals surface area (Å²) in [5, 5.41) is 0. The second-order valence-electron chi connectivity index (χ2n) is 5.67. The lowest BCUT2D eigenvalue weighted by Gasteiger charge is -2.33. The molecule has 1 fully saturated rings. The lowest BCUT2D eigenvalue weighted by Crippen LogP contribution is -2.49. The van der Waals surface area contributed by atoms with Gasteiger partial charge in [-0.25, -0.2) is 0 Å². The largest absolute Gasteiger partial charge is 0.370 e. The molecule has 1 aromatic rings. The molecule has 4 nitrogen and oxygen atoms in total. The summed E-state index contributed by atoms with van der Waals surface area (Å²) in [4.78, 5) is 11.3. The summed E-state index contributed by atoms with van der Waals surface area (Å²) < 4.78 is 17.5. The van der Waals surface area contributed by atoms with Crippen LogP contribution >= 0.6 is 0 Å². The van der Waals surface area contributed by atoms with Crippen LogP contribution in [0.5, 0.6) is 0 Å². The zero-order valence-corrected chi connectivity index (χ0v) is 12.7. The Labute approximate surface area is 125 Å². The van der Waals surface area contributed by atoms with E-state index in [1.807, 2.05) is 37.3 Å². The molecule has 0 spiro atoms. The van der Waals surface area contributed by atoms with Crippen LogP contribution in [0.1, 0.15) is 26.3 Å². The summed E-state index contributed by atoms with van der Waals surface area (Å²) in [5.74, 6) is -0.843. The minimum Gasteiger partial charge on any atom is -0.370 e. The molecule has 1 aromatic carbocycles. The molecular weight excluding hydrogens is 268 g/mol.